The Morgan fingerprint density at radius 1 is 1.15 bits per heavy atom. The van der Waals surface area contributed by atoms with Crippen LogP contribution >= 0.6 is 0 Å². The molecule has 0 bridgehead atoms. The number of aryl methyl sites for hydroxylation is 2. The molecule has 0 aliphatic carbocycles. The van der Waals surface area contributed by atoms with Gasteiger partial charge >= 0.3 is 0 Å². The molecule has 1 aliphatic rings. The Morgan fingerprint density at radius 2 is 1.88 bits per heavy atom. The summed E-state index contributed by atoms with van der Waals surface area (Å²) < 4.78 is 6.90. The van der Waals surface area contributed by atoms with Gasteiger partial charge in [0.15, 0.2) is 5.82 Å². The van der Waals surface area contributed by atoms with Gasteiger partial charge in [0.2, 0.25) is 0 Å². The van der Waals surface area contributed by atoms with Crippen molar-refractivity contribution in [2.45, 2.75) is 26.2 Å². The number of imidazole rings is 1. The zero-order valence-electron chi connectivity index (χ0n) is 19.1. The van der Waals surface area contributed by atoms with Crippen molar-refractivity contribution in [2.75, 3.05) is 25.5 Å². The Labute approximate surface area is 192 Å². The van der Waals surface area contributed by atoms with Crippen molar-refractivity contribution in [2.24, 2.45) is 13.0 Å². The molecule has 0 spiro atoms. The highest BCUT2D eigenvalue weighted by Gasteiger charge is 2.27. The second kappa shape index (κ2) is 9.81. The number of rotatable bonds is 6. The third kappa shape index (κ3) is 5.19. The van der Waals surface area contributed by atoms with Crippen LogP contribution in [-0.2, 0) is 13.5 Å². The molecule has 1 aromatic carbocycles. The lowest BCUT2D eigenvalue weighted by molar-refractivity contribution is 0.0674. The number of hydrogen-bond acceptors (Lipinski definition) is 6. The molecule has 0 atom stereocenters. The first kappa shape index (κ1) is 22.4. The van der Waals surface area contributed by atoms with Gasteiger partial charge in [-0.05, 0) is 56.4 Å². The Bertz CT molecular complexity index is 1130. The summed E-state index contributed by atoms with van der Waals surface area (Å²) in [6.07, 6.45) is 7.36. The van der Waals surface area contributed by atoms with E-state index in [1.807, 2.05) is 18.9 Å². The number of carbonyl (C=O) groups excluding carboxylic acids is 2. The third-order valence-corrected chi connectivity index (χ3v) is 5.98. The van der Waals surface area contributed by atoms with E-state index < -0.39 is 0 Å². The van der Waals surface area contributed by atoms with Gasteiger partial charge in [0.1, 0.15) is 11.6 Å². The molecule has 9 nitrogen and oxygen atoms in total. The van der Waals surface area contributed by atoms with Crippen LogP contribution in [0.3, 0.4) is 0 Å². The van der Waals surface area contributed by atoms with E-state index in [0.29, 0.717) is 48.3 Å². The number of benzene rings is 1. The number of ether oxygens (including phenoxy) is 1. The number of aromatic nitrogens is 4. The molecular formula is C24H28N6O3. The van der Waals surface area contributed by atoms with E-state index in [2.05, 4.69) is 20.3 Å². The normalized spacial score (nSPS) is 14.2. The van der Waals surface area contributed by atoms with Crippen molar-refractivity contribution in [3.05, 3.63) is 65.8 Å². The van der Waals surface area contributed by atoms with Crippen LogP contribution in [0.15, 0.2) is 42.9 Å². The summed E-state index contributed by atoms with van der Waals surface area (Å²) in [6.45, 7) is 3.14. The Hall–Kier alpha value is -3.75. The number of carbonyl (C=O) groups is 2. The van der Waals surface area contributed by atoms with E-state index in [0.717, 1.165) is 24.3 Å². The van der Waals surface area contributed by atoms with Crippen LogP contribution < -0.4 is 10.1 Å². The lowest BCUT2D eigenvalue weighted by Gasteiger charge is -2.31. The number of hydrogen-bond donors (Lipinski definition) is 1. The van der Waals surface area contributed by atoms with Crippen molar-refractivity contribution in [1.29, 1.82) is 0 Å². The molecule has 4 rings (SSSR count). The largest absolute Gasteiger partial charge is 0.497 e. The minimum atomic E-state index is -0.238. The number of likely N-dealkylation sites (tertiary alicyclic amines) is 1. The number of amides is 2. The van der Waals surface area contributed by atoms with Gasteiger partial charge in [-0.25, -0.2) is 15.0 Å². The van der Waals surface area contributed by atoms with Crippen molar-refractivity contribution < 1.29 is 14.3 Å². The van der Waals surface area contributed by atoms with Gasteiger partial charge in [-0.15, -0.1) is 0 Å². The van der Waals surface area contributed by atoms with E-state index in [1.54, 1.807) is 54.5 Å². The number of anilines is 1. The van der Waals surface area contributed by atoms with Crippen molar-refractivity contribution in [3.8, 4) is 5.75 Å². The lowest BCUT2D eigenvalue weighted by Crippen LogP contribution is -2.40. The van der Waals surface area contributed by atoms with Gasteiger partial charge in [0, 0.05) is 44.4 Å². The fourth-order valence-corrected chi connectivity index (χ4v) is 4.06. The molecule has 0 unspecified atom stereocenters. The number of methoxy groups -OCH3 is 1. The van der Waals surface area contributed by atoms with Crippen LogP contribution in [0, 0.1) is 12.8 Å². The molecule has 172 valence electrons. The van der Waals surface area contributed by atoms with Gasteiger partial charge in [0.05, 0.1) is 18.4 Å². The molecule has 1 fully saturated rings. The van der Waals surface area contributed by atoms with Gasteiger partial charge in [-0.2, -0.15) is 0 Å². The minimum Gasteiger partial charge on any atom is -0.497 e. The lowest BCUT2D eigenvalue weighted by atomic mass is 9.90. The fraction of sp³-hybridized carbons (Fsp3) is 0.375. The summed E-state index contributed by atoms with van der Waals surface area (Å²) >= 11 is 0. The van der Waals surface area contributed by atoms with Gasteiger partial charge in [-0.1, -0.05) is 0 Å². The molecule has 9 heteroatoms. The maximum absolute atomic E-state index is 13.0. The molecule has 0 saturated carbocycles. The first-order valence-electron chi connectivity index (χ1n) is 11.0. The van der Waals surface area contributed by atoms with E-state index in [-0.39, 0.29) is 11.8 Å². The van der Waals surface area contributed by atoms with Gasteiger partial charge < -0.3 is 19.5 Å². The summed E-state index contributed by atoms with van der Waals surface area (Å²) in [4.78, 5) is 40.5. The highest BCUT2D eigenvalue weighted by atomic mass is 16.5. The van der Waals surface area contributed by atoms with E-state index in [4.69, 9.17) is 4.74 Å². The molecule has 1 N–H and O–H groups in total. The fourth-order valence-electron chi connectivity index (χ4n) is 4.06. The highest BCUT2D eigenvalue weighted by molar-refractivity contribution is 6.04. The second-order valence-electron chi connectivity index (χ2n) is 8.26. The third-order valence-electron chi connectivity index (χ3n) is 5.98. The molecule has 2 aromatic heterocycles. The van der Waals surface area contributed by atoms with E-state index >= 15 is 0 Å². The molecule has 33 heavy (non-hydrogen) atoms. The maximum Gasteiger partial charge on any atom is 0.289 e. The molecule has 1 saturated heterocycles. The summed E-state index contributed by atoms with van der Waals surface area (Å²) in [7, 11) is 3.42. The second-order valence-corrected chi connectivity index (χ2v) is 8.26. The minimum absolute atomic E-state index is 0.0432. The van der Waals surface area contributed by atoms with Crippen molar-refractivity contribution in [1.82, 2.24) is 24.4 Å². The molecule has 2 amide bonds. The Balaban J connectivity index is 1.41. The first-order chi connectivity index (χ1) is 15.9. The monoisotopic (exact) mass is 448 g/mol. The van der Waals surface area contributed by atoms with Crippen LogP contribution in [0.1, 0.15) is 45.3 Å². The average Bonchev–Trinajstić information content (AvgIpc) is 3.25. The summed E-state index contributed by atoms with van der Waals surface area (Å²) in [6, 6.07) is 7.17. The summed E-state index contributed by atoms with van der Waals surface area (Å²) in [5.41, 5.74) is 1.89. The van der Waals surface area contributed by atoms with Crippen LogP contribution in [-0.4, -0.2) is 56.4 Å². The standard InChI is InChI=1S/C24H28N6O3/c1-16-26-15-20(23(31)28-18-4-6-19(33-3)7-5-18)21(27-16)14-17-8-11-30(12-9-17)24(32)22-25-10-13-29(22)2/h4-7,10,13,15,17H,8-9,11-12,14H2,1-3H3,(H,28,31). The SMILES string of the molecule is COc1ccc(NC(=O)c2cnc(C)nc2CC2CCN(C(=O)c3nccn3C)CC2)cc1. The molecule has 1 aliphatic heterocycles. The van der Waals surface area contributed by atoms with Crippen LogP contribution in [0.2, 0.25) is 0 Å². The highest BCUT2D eigenvalue weighted by Crippen LogP contribution is 2.24. The zero-order valence-corrected chi connectivity index (χ0v) is 19.1. The molecular weight excluding hydrogens is 420 g/mol. The van der Waals surface area contributed by atoms with Gasteiger partial charge in [0.25, 0.3) is 11.8 Å². The van der Waals surface area contributed by atoms with Crippen LogP contribution in [0.25, 0.3) is 0 Å². The zero-order chi connectivity index (χ0) is 23.4. The average molecular weight is 449 g/mol. The van der Waals surface area contributed by atoms with Crippen molar-refractivity contribution in [3.63, 3.8) is 0 Å². The quantitative estimate of drug-likeness (QED) is 0.622. The predicted octanol–water partition coefficient (Wildman–Crippen LogP) is 2.87. The smallest absolute Gasteiger partial charge is 0.289 e. The number of nitrogens with zero attached hydrogens (tertiary/aromatic N) is 5. The first-order valence-corrected chi connectivity index (χ1v) is 11.0. The summed E-state index contributed by atoms with van der Waals surface area (Å²) in [5.74, 6) is 1.86. The van der Waals surface area contributed by atoms with E-state index in [9.17, 15) is 9.59 Å². The van der Waals surface area contributed by atoms with Crippen LogP contribution in [0.5, 0.6) is 5.75 Å². The number of piperidine rings is 1. The summed E-state index contributed by atoms with van der Waals surface area (Å²) in [5, 5.41) is 2.91. The Kier molecular flexibility index (Phi) is 6.67. The Morgan fingerprint density at radius 3 is 2.52 bits per heavy atom. The van der Waals surface area contributed by atoms with Crippen LogP contribution in [0.4, 0.5) is 5.69 Å². The molecule has 3 aromatic rings. The van der Waals surface area contributed by atoms with Gasteiger partial charge in [-0.3, -0.25) is 9.59 Å². The predicted molar refractivity (Wildman–Crippen MR) is 123 cm³/mol. The number of nitrogens with one attached hydrogen (secondary N) is 1. The maximum atomic E-state index is 13.0. The molecule has 0 radical (unpaired) electrons. The molecule has 3 heterocycles. The van der Waals surface area contributed by atoms with Crippen molar-refractivity contribution >= 4 is 17.5 Å². The van der Waals surface area contributed by atoms with E-state index in [1.165, 1.54) is 0 Å². The topological polar surface area (TPSA) is 102 Å².